The zero-order chi connectivity index (χ0) is 21.1. The van der Waals surface area contributed by atoms with Gasteiger partial charge < -0.3 is 18.9 Å². The summed E-state index contributed by atoms with van der Waals surface area (Å²) >= 11 is 3.63. The Kier molecular flexibility index (Phi) is 4.19. The third-order valence-electron chi connectivity index (χ3n) is 7.83. The van der Waals surface area contributed by atoms with Crippen molar-refractivity contribution in [2.24, 2.45) is 23.7 Å². The van der Waals surface area contributed by atoms with Crippen molar-refractivity contribution in [3.05, 3.63) is 0 Å². The molecule has 0 radical (unpaired) electrons. The van der Waals surface area contributed by atoms with Crippen molar-refractivity contribution >= 4 is 35.5 Å². The maximum Gasteiger partial charge on any atom is 0.377 e. The molecule has 7 aliphatic rings. The summed E-state index contributed by atoms with van der Waals surface area (Å²) in [4.78, 5) is 24.5. The number of fused-ring (bicyclic) bond motifs is 3. The van der Waals surface area contributed by atoms with Gasteiger partial charge in [0.1, 0.15) is 23.1 Å². The molecule has 3 heterocycles. The molecule has 4 saturated carbocycles. The van der Waals surface area contributed by atoms with Crippen LogP contribution in [0.4, 0.5) is 8.78 Å². The Morgan fingerprint density at radius 2 is 1.90 bits per heavy atom. The number of alkyl halides is 2. The van der Waals surface area contributed by atoms with Crippen molar-refractivity contribution in [1.29, 1.82) is 0 Å². The minimum absolute atomic E-state index is 0.00338. The molecule has 4 bridgehead atoms. The molecule has 1 spiro atoms. The first-order chi connectivity index (χ1) is 14.1. The summed E-state index contributed by atoms with van der Waals surface area (Å²) in [5.74, 6) is -4.58. The van der Waals surface area contributed by atoms with Crippen molar-refractivity contribution in [3.8, 4) is 0 Å². The number of methoxy groups -OCH3 is 1. The van der Waals surface area contributed by atoms with Crippen molar-refractivity contribution in [1.82, 2.24) is 0 Å². The van der Waals surface area contributed by atoms with Crippen LogP contribution >= 0.6 is 23.5 Å². The van der Waals surface area contributed by atoms with E-state index in [0.717, 1.165) is 12.8 Å². The first-order valence-corrected chi connectivity index (χ1v) is 12.3. The molecule has 0 aromatic heterocycles. The lowest BCUT2D eigenvalue weighted by Crippen LogP contribution is -2.62. The van der Waals surface area contributed by atoms with Gasteiger partial charge in [-0.25, -0.2) is 4.79 Å². The monoisotopic (exact) mass is 462 g/mol. The maximum atomic E-state index is 13.5. The molecule has 0 aromatic rings. The van der Waals surface area contributed by atoms with Gasteiger partial charge in [0, 0.05) is 14.0 Å². The number of ether oxygens (including phenoxy) is 4. The lowest BCUT2D eigenvalue weighted by Gasteiger charge is -2.63. The second-order valence-corrected chi connectivity index (χ2v) is 12.9. The van der Waals surface area contributed by atoms with Crippen molar-refractivity contribution in [2.45, 2.75) is 77.7 Å². The lowest BCUT2D eigenvalue weighted by molar-refractivity contribution is -0.208. The van der Waals surface area contributed by atoms with Gasteiger partial charge in [-0.15, -0.1) is 23.5 Å². The van der Waals surface area contributed by atoms with Crippen LogP contribution in [0, 0.1) is 23.7 Å². The second kappa shape index (κ2) is 6.26. The molecule has 7 rings (SSSR count). The van der Waals surface area contributed by atoms with Crippen LogP contribution in [-0.4, -0.2) is 57.7 Å². The summed E-state index contributed by atoms with van der Waals surface area (Å²) in [6.45, 7) is 0.600. The number of esters is 2. The number of carbonyl (C=O) groups excluding carboxylic acids is 2. The SMILES string of the molecule is COC1OC(=O)C2C1OC1SC3(SC12)C1CC2CC3CC(OC(=O)C(C)(F)F)(C2)C1. The minimum atomic E-state index is -3.47. The van der Waals surface area contributed by atoms with Gasteiger partial charge in [-0.05, 0) is 49.9 Å². The molecule has 0 amide bonds. The zero-order valence-electron chi connectivity index (χ0n) is 16.7. The molecule has 6 nitrogen and oxygen atoms in total. The summed E-state index contributed by atoms with van der Waals surface area (Å²) in [5.41, 5.74) is -0.875. The highest BCUT2D eigenvalue weighted by Crippen LogP contribution is 2.75. The fourth-order valence-electron chi connectivity index (χ4n) is 6.91. The first kappa shape index (κ1) is 20.1. The number of cyclic esters (lactones) is 1. The van der Waals surface area contributed by atoms with Crippen LogP contribution in [-0.2, 0) is 28.5 Å². The Labute approximate surface area is 181 Å². The number of carbonyl (C=O) groups is 2. The maximum absolute atomic E-state index is 13.5. The molecule has 7 unspecified atom stereocenters. The molecule has 7 atom stereocenters. The van der Waals surface area contributed by atoms with E-state index in [1.807, 2.05) is 11.8 Å². The average Bonchev–Trinajstić information content (AvgIpc) is 3.27. The van der Waals surface area contributed by atoms with E-state index in [1.165, 1.54) is 7.11 Å². The molecule has 4 aliphatic carbocycles. The van der Waals surface area contributed by atoms with Crippen LogP contribution in [0.1, 0.15) is 39.0 Å². The Morgan fingerprint density at radius 3 is 2.53 bits per heavy atom. The zero-order valence-corrected chi connectivity index (χ0v) is 18.3. The van der Waals surface area contributed by atoms with E-state index in [1.54, 1.807) is 11.8 Å². The Morgan fingerprint density at radius 1 is 1.20 bits per heavy atom. The fourth-order valence-corrected chi connectivity index (χ4v) is 11.4. The Bertz CT molecular complexity index is 787. The highest BCUT2D eigenvalue weighted by atomic mass is 32.2. The smallest absolute Gasteiger partial charge is 0.377 e. The molecule has 166 valence electrons. The molecule has 0 aromatic carbocycles. The largest absolute Gasteiger partial charge is 0.455 e. The number of hydrogen-bond acceptors (Lipinski definition) is 8. The predicted molar refractivity (Wildman–Crippen MR) is 104 cm³/mol. The molecule has 0 N–H and O–H groups in total. The normalized spacial score (nSPS) is 53.1. The molecule has 30 heavy (non-hydrogen) atoms. The fraction of sp³-hybridized carbons (Fsp3) is 0.900. The van der Waals surface area contributed by atoms with E-state index in [4.69, 9.17) is 18.9 Å². The number of thioether (sulfide) groups is 2. The van der Waals surface area contributed by atoms with Gasteiger partial charge in [-0.2, -0.15) is 8.78 Å². The van der Waals surface area contributed by atoms with Crippen molar-refractivity contribution < 1.29 is 37.3 Å². The molecular formula is C20H24F2O6S2. The summed E-state index contributed by atoms with van der Waals surface area (Å²) in [6.07, 6.45) is 2.91. The van der Waals surface area contributed by atoms with Crippen molar-refractivity contribution in [2.75, 3.05) is 7.11 Å². The van der Waals surface area contributed by atoms with Gasteiger partial charge >= 0.3 is 17.9 Å². The van der Waals surface area contributed by atoms with Crippen LogP contribution in [0.5, 0.6) is 0 Å². The Balaban J connectivity index is 1.25. The van der Waals surface area contributed by atoms with Crippen molar-refractivity contribution in [3.63, 3.8) is 0 Å². The van der Waals surface area contributed by atoms with E-state index in [9.17, 15) is 18.4 Å². The molecule has 7 fully saturated rings. The minimum Gasteiger partial charge on any atom is -0.455 e. The first-order valence-electron chi connectivity index (χ1n) is 10.5. The number of halogens is 2. The van der Waals surface area contributed by atoms with Crippen LogP contribution in [0.15, 0.2) is 0 Å². The molecule has 3 saturated heterocycles. The predicted octanol–water partition coefficient (Wildman–Crippen LogP) is 3.18. The van der Waals surface area contributed by atoms with Crippen LogP contribution in [0.25, 0.3) is 0 Å². The third kappa shape index (κ3) is 2.62. The van der Waals surface area contributed by atoms with Gasteiger partial charge in [0.05, 0.1) is 9.33 Å². The third-order valence-corrected chi connectivity index (χ3v) is 12.1. The van der Waals surface area contributed by atoms with Crippen LogP contribution in [0.2, 0.25) is 0 Å². The van der Waals surface area contributed by atoms with Gasteiger partial charge in [0.2, 0.25) is 6.29 Å². The lowest BCUT2D eigenvalue weighted by atomic mass is 9.53. The number of hydrogen-bond donors (Lipinski definition) is 0. The molecule has 10 heteroatoms. The van der Waals surface area contributed by atoms with Gasteiger partial charge in [0.25, 0.3) is 0 Å². The summed E-state index contributed by atoms with van der Waals surface area (Å²) in [5, 5.41) is 0.00338. The summed E-state index contributed by atoms with van der Waals surface area (Å²) in [7, 11) is 1.51. The summed E-state index contributed by atoms with van der Waals surface area (Å²) < 4.78 is 49.3. The van der Waals surface area contributed by atoms with E-state index in [-0.39, 0.29) is 44.6 Å². The van der Waals surface area contributed by atoms with Gasteiger partial charge in [-0.1, -0.05) is 0 Å². The average molecular weight is 463 g/mol. The number of rotatable bonds is 3. The molecule has 3 aliphatic heterocycles. The van der Waals surface area contributed by atoms with Gasteiger partial charge in [-0.3, -0.25) is 4.79 Å². The van der Waals surface area contributed by atoms with E-state index < -0.39 is 23.8 Å². The van der Waals surface area contributed by atoms with Crippen LogP contribution in [0.3, 0.4) is 0 Å². The Hall–Kier alpha value is -0.580. The van der Waals surface area contributed by atoms with E-state index >= 15 is 0 Å². The highest BCUT2D eigenvalue weighted by molar-refractivity contribution is 8.22. The molecular weight excluding hydrogens is 438 g/mol. The topological polar surface area (TPSA) is 71.1 Å². The second-order valence-electron chi connectivity index (χ2n) is 9.76. The summed E-state index contributed by atoms with van der Waals surface area (Å²) in [6, 6.07) is 0. The standard InChI is InChI=1S/C20H24F2O6S2/c1-18(21,22)17(24)28-19-5-8-3-9(6-19)20(10(4-8)7-19)29-13-11-12(26-16(13)30-20)15(25-2)27-14(11)23/h8-13,15-16H,3-7H2,1-2H3. The van der Waals surface area contributed by atoms with Crippen LogP contribution < -0.4 is 0 Å². The van der Waals surface area contributed by atoms with E-state index in [2.05, 4.69) is 0 Å². The highest BCUT2D eigenvalue weighted by Gasteiger charge is 2.72. The van der Waals surface area contributed by atoms with Gasteiger partial charge in [0.15, 0.2) is 0 Å². The quantitative estimate of drug-likeness (QED) is 0.593. The van der Waals surface area contributed by atoms with E-state index in [0.29, 0.717) is 32.1 Å².